The standard InChI is InChI=1S/C14H17FN2S/c1-3-13(14-7-5-11(15)8-16-14)17-9-12-6-4-10(2)18-12/h4-8,13,17H,3,9H2,1-2H3. The van der Waals surface area contributed by atoms with E-state index in [2.05, 4.69) is 36.3 Å². The Morgan fingerprint density at radius 3 is 2.72 bits per heavy atom. The van der Waals surface area contributed by atoms with Gasteiger partial charge in [-0.2, -0.15) is 0 Å². The number of hydrogen-bond donors (Lipinski definition) is 1. The largest absolute Gasteiger partial charge is 0.304 e. The number of halogens is 1. The zero-order valence-electron chi connectivity index (χ0n) is 10.6. The Balaban J connectivity index is 1.99. The van der Waals surface area contributed by atoms with E-state index in [1.165, 1.54) is 22.0 Å². The molecule has 2 nitrogen and oxygen atoms in total. The fourth-order valence-electron chi connectivity index (χ4n) is 1.86. The van der Waals surface area contributed by atoms with Gasteiger partial charge < -0.3 is 5.32 Å². The summed E-state index contributed by atoms with van der Waals surface area (Å²) in [5.41, 5.74) is 0.896. The Morgan fingerprint density at radius 1 is 1.33 bits per heavy atom. The Hall–Kier alpha value is -1.26. The van der Waals surface area contributed by atoms with E-state index in [-0.39, 0.29) is 11.9 Å². The fraction of sp³-hybridized carbons (Fsp3) is 0.357. The maximum absolute atomic E-state index is 12.8. The number of pyridine rings is 1. The van der Waals surface area contributed by atoms with Crippen LogP contribution in [-0.4, -0.2) is 4.98 Å². The van der Waals surface area contributed by atoms with E-state index < -0.39 is 0 Å². The molecule has 0 fully saturated rings. The van der Waals surface area contributed by atoms with Gasteiger partial charge in [-0.1, -0.05) is 6.92 Å². The first kappa shape index (κ1) is 13.2. The molecule has 1 atom stereocenters. The van der Waals surface area contributed by atoms with Gasteiger partial charge in [0, 0.05) is 22.3 Å². The van der Waals surface area contributed by atoms with Gasteiger partial charge in [-0.3, -0.25) is 4.98 Å². The molecule has 1 unspecified atom stereocenters. The summed E-state index contributed by atoms with van der Waals surface area (Å²) >= 11 is 1.79. The smallest absolute Gasteiger partial charge is 0.141 e. The van der Waals surface area contributed by atoms with Crippen LogP contribution in [0.3, 0.4) is 0 Å². The van der Waals surface area contributed by atoms with E-state index in [4.69, 9.17) is 0 Å². The van der Waals surface area contributed by atoms with Crippen LogP contribution in [0.4, 0.5) is 4.39 Å². The van der Waals surface area contributed by atoms with Gasteiger partial charge in [-0.15, -0.1) is 11.3 Å². The molecule has 0 radical (unpaired) electrons. The van der Waals surface area contributed by atoms with Gasteiger partial charge >= 0.3 is 0 Å². The van der Waals surface area contributed by atoms with Crippen LogP contribution < -0.4 is 5.32 Å². The topological polar surface area (TPSA) is 24.9 Å². The Bertz CT molecular complexity index is 493. The number of rotatable bonds is 5. The molecule has 1 N–H and O–H groups in total. The number of hydrogen-bond acceptors (Lipinski definition) is 3. The molecule has 0 saturated carbocycles. The van der Waals surface area contributed by atoms with E-state index in [9.17, 15) is 4.39 Å². The van der Waals surface area contributed by atoms with Crippen molar-refractivity contribution in [3.05, 3.63) is 51.7 Å². The lowest BCUT2D eigenvalue weighted by Gasteiger charge is -2.15. The summed E-state index contributed by atoms with van der Waals surface area (Å²) < 4.78 is 12.8. The van der Waals surface area contributed by atoms with Crippen molar-refractivity contribution in [3.63, 3.8) is 0 Å². The van der Waals surface area contributed by atoms with Crippen LogP contribution in [0, 0.1) is 12.7 Å². The van der Waals surface area contributed by atoms with Gasteiger partial charge in [-0.05, 0) is 37.6 Å². The molecule has 4 heteroatoms. The highest BCUT2D eigenvalue weighted by Crippen LogP contribution is 2.18. The minimum absolute atomic E-state index is 0.174. The van der Waals surface area contributed by atoms with Crippen LogP contribution in [0.25, 0.3) is 0 Å². The van der Waals surface area contributed by atoms with Crippen molar-refractivity contribution < 1.29 is 4.39 Å². The summed E-state index contributed by atoms with van der Waals surface area (Å²) in [6.45, 7) is 5.03. The van der Waals surface area contributed by atoms with Gasteiger partial charge in [0.15, 0.2) is 0 Å². The highest BCUT2D eigenvalue weighted by molar-refractivity contribution is 7.11. The highest BCUT2D eigenvalue weighted by atomic mass is 32.1. The minimum atomic E-state index is -0.289. The predicted octanol–water partition coefficient (Wildman–Crippen LogP) is 3.83. The third-order valence-electron chi connectivity index (χ3n) is 2.83. The number of nitrogens with one attached hydrogen (secondary N) is 1. The first-order valence-electron chi connectivity index (χ1n) is 6.09. The zero-order chi connectivity index (χ0) is 13.0. The van der Waals surface area contributed by atoms with Crippen LogP contribution in [0.2, 0.25) is 0 Å². The van der Waals surface area contributed by atoms with Crippen molar-refractivity contribution in [3.8, 4) is 0 Å². The molecule has 0 amide bonds. The lowest BCUT2D eigenvalue weighted by Crippen LogP contribution is -2.20. The molecule has 0 spiro atoms. The lowest BCUT2D eigenvalue weighted by molar-refractivity contribution is 0.506. The molecular formula is C14H17FN2S. The predicted molar refractivity (Wildman–Crippen MR) is 73.1 cm³/mol. The molecule has 0 aliphatic rings. The molecule has 18 heavy (non-hydrogen) atoms. The van der Waals surface area contributed by atoms with Crippen molar-refractivity contribution in [2.75, 3.05) is 0 Å². The number of thiophene rings is 1. The summed E-state index contributed by atoms with van der Waals surface area (Å²) in [6, 6.07) is 7.64. The monoisotopic (exact) mass is 264 g/mol. The number of aromatic nitrogens is 1. The van der Waals surface area contributed by atoms with Gasteiger partial charge in [0.1, 0.15) is 5.82 Å². The Kier molecular flexibility index (Phi) is 4.44. The Morgan fingerprint density at radius 2 is 2.17 bits per heavy atom. The molecule has 2 aromatic rings. The second-order valence-electron chi connectivity index (χ2n) is 4.26. The molecule has 96 valence electrons. The van der Waals surface area contributed by atoms with Gasteiger partial charge in [0.05, 0.1) is 11.9 Å². The van der Waals surface area contributed by atoms with Crippen molar-refractivity contribution in [1.29, 1.82) is 0 Å². The van der Waals surface area contributed by atoms with Gasteiger partial charge in [-0.25, -0.2) is 4.39 Å². The Labute approximate surface area is 111 Å². The third-order valence-corrected chi connectivity index (χ3v) is 3.83. The SMILES string of the molecule is CCC(NCc1ccc(C)s1)c1ccc(F)cn1. The summed E-state index contributed by atoms with van der Waals surface area (Å²) in [6.07, 6.45) is 2.21. The first-order chi connectivity index (χ1) is 8.69. The summed E-state index contributed by atoms with van der Waals surface area (Å²) in [7, 11) is 0. The summed E-state index contributed by atoms with van der Waals surface area (Å²) in [4.78, 5) is 6.77. The number of nitrogens with zero attached hydrogens (tertiary/aromatic N) is 1. The molecule has 0 bridgehead atoms. The molecule has 2 rings (SSSR count). The summed E-state index contributed by atoms with van der Waals surface area (Å²) in [5, 5.41) is 3.46. The third kappa shape index (κ3) is 3.37. The molecule has 0 aliphatic heterocycles. The zero-order valence-corrected chi connectivity index (χ0v) is 11.4. The van der Waals surface area contributed by atoms with E-state index in [0.717, 1.165) is 18.7 Å². The second kappa shape index (κ2) is 6.07. The van der Waals surface area contributed by atoms with Gasteiger partial charge in [0.25, 0.3) is 0 Å². The quantitative estimate of drug-likeness (QED) is 0.887. The van der Waals surface area contributed by atoms with Crippen LogP contribution in [0.5, 0.6) is 0 Å². The van der Waals surface area contributed by atoms with Crippen LogP contribution in [-0.2, 0) is 6.54 Å². The second-order valence-corrected chi connectivity index (χ2v) is 5.63. The van der Waals surface area contributed by atoms with E-state index in [1.54, 1.807) is 17.4 Å². The lowest BCUT2D eigenvalue weighted by atomic mass is 10.1. The first-order valence-corrected chi connectivity index (χ1v) is 6.91. The molecule has 2 heterocycles. The molecule has 0 saturated heterocycles. The van der Waals surface area contributed by atoms with Gasteiger partial charge in [0.2, 0.25) is 0 Å². The fourth-order valence-corrected chi connectivity index (χ4v) is 2.70. The minimum Gasteiger partial charge on any atom is -0.304 e. The molecule has 2 aromatic heterocycles. The molecule has 0 aromatic carbocycles. The average molecular weight is 264 g/mol. The van der Waals surface area contributed by atoms with Crippen molar-refractivity contribution in [2.45, 2.75) is 32.9 Å². The van der Waals surface area contributed by atoms with E-state index in [0.29, 0.717) is 0 Å². The van der Waals surface area contributed by atoms with Crippen LogP contribution in [0.1, 0.15) is 34.8 Å². The van der Waals surface area contributed by atoms with Crippen molar-refractivity contribution >= 4 is 11.3 Å². The molecular weight excluding hydrogens is 247 g/mol. The van der Waals surface area contributed by atoms with E-state index in [1.807, 2.05) is 0 Å². The van der Waals surface area contributed by atoms with Crippen molar-refractivity contribution in [2.24, 2.45) is 0 Å². The normalized spacial score (nSPS) is 12.6. The van der Waals surface area contributed by atoms with Crippen LogP contribution in [0.15, 0.2) is 30.5 Å². The summed E-state index contributed by atoms with van der Waals surface area (Å²) in [5.74, 6) is -0.289. The van der Waals surface area contributed by atoms with E-state index >= 15 is 0 Å². The van der Waals surface area contributed by atoms with Crippen LogP contribution >= 0.6 is 11.3 Å². The van der Waals surface area contributed by atoms with Crippen molar-refractivity contribution in [1.82, 2.24) is 10.3 Å². The highest BCUT2D eigenvalue weighted by Gasteiger charge is 2.10. The molecule has 0 aliphatic carbocycles. The maximum Gasteiger partial charge on any atom is 0.141 e. The average Bonchev–Trinajstić information content (AvgIpc) is 2.78. The maximum atomic E-state index is 12.8. The number of aryl methyl sites for hydroxylation is 1.